The van der Waals surface area contributed by atoms with Gasteiger partial charge in [-0.3, -0.25) is 4.79 Å². The fourth-order valence-corrected chi connectivity index (χ4v) is 2.77. The third-order valence-electron chi connectivity index (χ3n) is 3.93. The molecule has 2 aromatic heterocycles. The summed E-state index contributed by atoms with van der Waals surface area (Å²) in [6.07, 6.45) is 0. The van der Waals surface area contributed by atoms with Crippen molar-refractivity contribution < 1.29 is 4.79 Å². The van der Waals surface area contributed by atoms with Gasteiger partial charge in [-0.25, -0.2) is 4.52 Å². The van der Waals surface area contributed by atoms with Crippen LogP contribution in [0.1, 0.15) is 10.4 Å². The van der Waals surface area contributed by atoms with Crippen molar-refractivity contribution in [3.05, 3.63) is 77.3 Å². The average molecular weight is 364 g/mol. The fourth-order valence-electron chi connectivity index (χ4n) is 2.64. The van der Waals surface area contributed by atoms with E-state index in [1.54, 1.807) is 28.8 Å². The maximum Gasteiger partial charge on any atom is 0.248 e. The molecule has 0 unspecified atom stereocenters. The Bertz CT molecular complexity index is 1090. The van der Waals surface area contributed by atoms with Crippen LogP contribution in [0.4, 0.5) is 11.6 Å². The van der Waals surface area contributed by atoms with Gasteiger partial charge in [0.1, 0.15) is 0 Å². The van der Waals surface area contributed by atoms with Crippen molar-refractivity contribution >= 4 is 34.8 Å². The van der Waals surface area contributed by atoms with Gasteiger partial charge in [0.2, 0.25) is 11.9 Å². The molecule has 4 rings (SSSR count). The van der Waals surface area contributed by atoms with Crippen LogP contribution in [0.5, 0.6) is 0 Å². The normalized spacial score (nSPS) is 10.8. The predicted molar refractivity (Wildman–Crippen MR) is 102 cm³/mol. The number of nitrogens with one attached hydrogen (secondary N) is 1. The van der Waals surface area contributed by atoms with Gasteiger partial charge in [0.25, 0.3) is 0 Å². The van der Waals surface area contributed by atoms with E-state index in [2.05, 4.69) is 15.4 Å². The number of anilines is 2. The lowest BCUT2D eigenvalue weighted by atomic mass is 10.1. The van der Waals surface area contributed by atoms with Gasteiger partial charge in [0.05, 0.1) is 5.69 Å². The highest BCUT2D eigenvalue weighted by molar-refractivity contribution is 6.30. The zero-order chi connectivity index (χ0) is 18.1. The molecular formula is C19H14ClN5O. The zero-order valence-electron chi connectivity index (χ0n) is 13.6. The van der Waals surface area contributed by atoms with Gasteiger partial charge in [0.15, 0.2) is 5.65 Å². The summed E-state index contributed by atoms with van der Waals surface area (Å²) in [4.78, 5) is 15.6. The molecule has 0 fully saturated rings. The smallest absolute Gasteiger partial charge is 0.248 e. The Morgan fingerprint density at radius 2 is 1.73 bits per heavy atom. The van der Waals surface area contributed by atoms with Gasteiger partial charge >= 0.3 is 0 Å². The Morgan fingerprint density at radius 1 is 1.00 bits per heavy atom. The summed E-state index contributed by atoms with van der Waals surface area (Å²) in [5.74, 6) is -0.00625. The van der Waals surface area contributed by atoms with Crippen molar-refractivity contribution in [3.8, 4) is 11.3 Å². The summed E-state index contributed by atoms with van der Waals surface area (Å²) in [5.41, 5.74) is 9.07. The van der Waals surface area contributed by atoms with E-state index >= 15 is 0 Å². The number of hydrogen-bond acceptors (Lipinski definition) is 4. The Morgan fingerprint density at radius 3 is 2.42 bits per heavy atom. The topological polar surface area (TPSA) is 85.3 Å². The molecule has 0 aliphatic carbocycles. The molecule has 3 N–H and O–H groups in total. The second-order valence-corrected chi connectivity index (χ2v) is 6.13. The minimum atomic E-state index is -0.463. The minimum absolute atomic E-state index is 0.448. The highest BCUT2D eigenvalue weighted by atomic mass is 35.5. The van der Waals surface area contributed by atoms with E-state index in [4.69, 9.17) is 17.3 Å². The molecule has 2 heterocycles. The molecule has 0 aliphatic heterocycles. The van der Waals surface area contributed by atoms with Crippen LogP contribution in [0, 0.1) is 0 Å². The highest BCUT2D eigenvalue weighted by Crippen LogP contribution is 2.23. The molecule has 0 radical (unpaired) electrons. The Labute approximate surface area is 154 Å². The molecule has 26 heavy (non-hydrogen) atoms. The van der Waals surface area contributed by atoms with Crippen LogP contribution in [0.3, 0.4) is 0 Å². The van der Waals surface area contributed by atoms with Crippen molar-refractivity contribution in [2.75, 3.05) is 5.32 Å². The first kappa shape index (κ1) is 16.1. The molecule has 6 nitrogen and oxygen atoms in total. The van der Waals surface area contributed by atoms with Crippen molar-refractivity contribution in [2.45, 2.75) is 0 Å². The second kappa shape index (κ2) is 6.50. The number of rotatable bonds is 4. The molecule has 0 bridgehead atoms. The third-order valence-corrected chi connectivity index (χ3v) is 4.18. The van der Waals surface area contributed by atoms with E-state index in [9.17, 15) is 4.79 Å². The number of aromatic nitrogens is 3. The molecule has 0 saturated carbocycles. The largest absolute Gasteiger partial charge is 0.366 e. The number of carbonyl (C=O) groups excluding carboxylic acids is 1. The van der Waals surface area contributed by atoms with E-state index in [1.807, 2.05) is 42.5 Å². The van der Waals surface area contributed by atoms with E-state index in [0.29, 0.717) is 22.2 Å². The van der Waals surface area contributed by atoms with Gasteiger partial charge in [0, 0.05) is 21.8 Å². The van der Waals surface area contributed by atoms with Crippen molar-refractivity contribution in [1.29, 1.82) is 0 Å². The average Bonchev–Trinajstić information content (AvgIpc) is 3.05. The first-order chi connectivity index (χ1) is 12.6. The maximum atomic E-state index is 11.1. The Hall–Kier alpha value is -3.38. The lowest BCUT2D eigenvalue weighted by molar-refractivity contribution is 0.100. The third kappa shape index (κ3) is 3.10. The molecule has 0 aliphatic rings. The Balaban J connectivity index is 1.68. The fraction of sp³-hybridized carbons (Fsp3) is 0. The molecule has 0 saturated heterocycles. The van der Waals surface area contributed by atoms with Gasteiger partial charge in [-0.05, 0) is 48.5 Å². The lowest BCUT2D eigenvalue weighted by Crippen LogP contribution is -2.10. The van der Waals surface area contributed by atoms with Gasteiger partial charge in [-0.1, -0.05) is 29.8 Å². The number of primary amides is 1. The minimum Gasteiger partial charge on any atom is -0.366 e. The van der Waals surface area contributed by atoms with Gasteiger partial charge in [-0.15, -0.1) is 5.10 Å². The maximum absolute atomic E-state index is 11.1. The lowest BCUT2D eigenvalue weighted by Gasteiger charge is -2.04. The van der Waals surface area contributed by atoms with Crippen molar-refractivity contribution in [3.63, 3.8) is 0 Å². The number of hydrogen-bond donors (Lipinski definition) is 2. The first-order valence-corrected chi connectivity index (χ1v) is 8.26. The van der Waals surface area contributed by atoms with Crippen LogP contribution < -0.4 is 11.1 Å². The monoisotopic (exact) mass is 363 g/mol. The number of pyridine rings is 1. The van der Waals surface area contributed by atoms with Crippen LogP contribution >= 0.6 is 11.6 Å². The molecule has 128 valence electrons. The van der Waals surface area contributed by atoms with Crippen LogP contribution in [0.25, 0.3) is 16.9 Å². The predicted octanol–water partition coefficient (Wildman–Crippen LogP) is 3.89. The van der Waals surface area contributed by atoms with E-state index in [-0.39, 0.29) is 0 Å². The molecule has 4 aromatic rings. The standard InChI is InChI=1S/C19H14ClN5O/c20-14-8-4-12(5-9-14)16-2-1-3-17-23-19(24-25(16)17)22-15-10-6-13(7-11-15)18(21)26/h1-11H,(H2,21,26)(H,22,24). The van der Waals surface area contributed by atoms with Crippen LogP contribution in [-0.4, -0.2) is 20.5 Å². The molecule has 7 heteroatoms. The molecular weight excluding hydrogens is 350 g/mol. The summed E-state index contributed by atoms with van der Waals surface area (Å²) in [6, 6.07) is 20.2. The summed E-state index contributed by atoms with van der Waals surface area (Å²) in [7, 11) is 0. The summed E-state index contributed by atoms with van der Waals surface area (Å²) in [6.45, 7) is 0. The number of carbonyl (C=O) groups is 1. The summed E-state index contributed by atoms with van der Waals surface area (Å²) >= 11 is 5.97. The second-order valence-electron chi connectivity index (χ2n) is 5.69. The van der Waals surface area contributed by atoms with Crippen molar-refractivity contribution in [2.24, 2.45) is 5.73 Å². The van der Waals surface area contributed by atoms with Crippen molar-refractivity contribution in [1.82, 2.24) is 14.6 Å². The molecule has 0 spiro atoms. The number of amides is 1. The summed E-state index contributed by atoms with van der Waals surface area (Å²) in [5, 5.41) is 8.35. The van der Waals surface area contributed by atoms with E-state index < -0.39 is 5.91 Å². The summed E-state index contributed by atoms with van der Waals surface area (Å²) < 4.78 is 1.77. The first-order valence-electron chi connectivity index (χ1n) is 7.89. The van der Waals surface area contributed by atoms with Crippen LogP contribution in [-0.2, 0) is 0 Å². The number of nitrogens with zero attached hydrogens (tertiary/aromatic N) is 3. The molecule has 1 amide bonds. The SMILES string of the molecule is NC(=O)c1ccc(Nc2nc3cccc(-c4ccc(Cl)cc4)n3n2)cc1. The van der Waals surface area contributed by atoms with E-state index in [1.165, 1.54) is 0 Å². The molecule has 0 atom stereocenters. The number of fused-ring (bicyclic) bond motifs is 1. The van der Waals surface area contributed by atoms with Crippen LogP contribution in [0.15, 0.2) is 66.7 Å². The number of nitrogens with two attached hydrogens (primary N) is 1. The Kier molecular flexibility index (Phi) is 4.02. The quantitative estimate of drug-likeness (QED) is 0.576. The van der Waals surface area contributed by atoms with Gasteiger partial charge in [-0.2, -0.15) is 4.98 Å². The highest BCUT2D eigenvalue weighted by Gasteiger charge is 2.09. The van der Waals surface area contributed by atoms with Crippen LogP contribution in [0.2, 0.25) is 5.02 Å². The number of benzene rings is 2. The number of halogens is 1. The molecule has 2 aromatic carbocycles. The van der Waals surface area contributed by atoms with Gasteiger partial charge < -0.3 is 11.1 Å². The zero-order valence-corrected chi connectivity index (χ0v) is 14.3. The van der Waals surface area contributed by atoms with E-state index in [0.717, 1.165) is 16.9 Å².